The second kappa shape index (κ2) is 4.14. The van der Waals surface area contributed by atoms with E-state index in [4.69, 9.17) is 11.0 Å². The molecule has 0 saturated carbocycles. The van der Waals surface area contributed by atoms with Gasteiger partial charge in [-0.3, -0.25) is 4.79 Å². The van der Waals surface area contributed by atoms with Crippen LogP contribution in [0.15, 0.2) is 16.3 Å². The molecule has 0 saturated heterocycles. The normalized spacial score (nSPS) is 9.25. The van der Waals surface area contributed by atoms with Gasteiger partial charge in [0, 0.05) is 4.90 Å². The molecule has 0 radical (unpaired) electrons. The number of carbonyl (C=O) groups is 1. The van der Waals surface area contributed by atoms with E-state index in [1.165, 1.54) is 23.1 Å². The van der Waals surface area contributed by atoms with Crippen LogP contribution in [-0.4, -0.2) is 11.7 Å². The Morgan fingerprint density at radius 1 is 1.83 bits per heavy atom. The summed E-state index contributed by atoms with van der Waals surface area (Å²) in [6.07, 6.45) is 0. The molecule has 0 aromatic carbocycles. The molecule has 1 aromatic heterocycles. The quantitative estimate of drug-likeness (QED) is 0.742. The summed E-state index contributed by atoms with van der Waals surface area (Å²) < 4.78 is 0. The molecule has 3 nitrogen and oxygen atoms in total. The van der Waals surface area contributed by atoms with Gasteiger partial charge >= 0.3 is 0 Å². The summed E-state index contributed by atoms with van der Waals surface area (Å²) in [5, 5.41) is 10.4. The maximum Gasteiger partial charge on any atom is 0.227 e. The molecular formula is C7H6N2OS2. The largest absolute Gasteiger partial charge is 0.369 e. The van der Waals surface area contributed by atoms with E-state index in [9.17, 15) is 4.79 Å². The maximum absolute atomic E-state index is 10.4. The van der Waals surface area contributed by atoms with Crippen molar-refractivity contribution in [1.82, 2.24) is 0 Å². The van der Waals surface area contributed by atoms with Gasteiger partial charge in [-0.05, 0) is 11.4 Å². The molecule has 0 unspecified atom stereocenters. The second-order valence-electron chi connectivity index (χ2n) is 1.98. The molecule has 0 spiro atoms. The molecule has 2 N–H and O–H groups in total. The number of thiophene rings is 1. The fraction of sp³-hybridized carbons (Fsp3) is 0.143. The third-order valence-electron chi connectivity index (χ3n) is 1.10. The van der Waals surface area contributed by atoms with Crippen LogP contribution in [0.2, 0.25) is 0 Å². The fourth-order valence-corrected chi connectivity index (χ4v) is 2.26. The Labute approximate surface area is 78.2 Å². The van der Waals surface area contributed by atoms with Gasteiger partial charge in [0.25, 0.3) is 0 Å². The predicted molar refractivity (Wildman–Crippen MR) is 49.0 cm³/mol. The summed E-state index contributed by atoms with van der Waals surface area (Å²) in [5.41, 5.74) is 4.96. The number of nitrogens with two attached hydrogens (primary N) is 1. The molecule has 62 valence electrons. The van der Waals surface area contributed by atoms with Crippen LogP contribution in [0, 0.1) is 11.3 Å². The van der Waals surface area contributed by atoms with Gasteiger partial charge in [0.05, 0.1) is 5.75 Å². The first kappa shape index (κ1) is 9.10. The van der Waals surface area contributed by atoms with E-state index in [0.717, 1.165) is 4.90 Å². The van der Waals surface area contributed by atoms with E-state index in [-0.39, 0.29) is 11.7 Å². The minimum atomic E-state index is -0.366. The molecule has 1 amide bonds. The Morgan fingerprint density at radius 2 is 2.58 bits per heavy atom. The molecule has 1 aromatic rings. The molecule has 1 rings (SSSR count). The van der Waals surface area contributed by atoms with Crippen molar-refractivity contribution in [1.29, 1.82) is 5.26 Å². The second-order valence-corrected chi connectivity index (χ2v) is 3.91. The Hall–Kier alpha value is -0.990. The van der Waals surface area contributed by atoms with Crippen molar-refractivity contribution in [3.8, 4) is 6.07 Å². The average molecular weight is 198 g/mol. The van der Waals surface area contributed by atoms with E-state index in [1.54, 1.807) is 0 Å². The standard InChI is InChI=1S/C7H6N2OS2/c8-3-6-5(1-2-11-6)12-4-7(9)10/h1-2H,4H2,(H2,9,10). The van der Waals surface area contributed by atoms with Gasteiger partial charge in [0.2, 0.25) is 5.91 Å². The Bertz CT molecular complexity index is 326. The smallest absolute Gasteiger partial charge is 0.227 e. The number of rotatable bonds is 3. The third kappa shape index (κ3) is 2.26. The number of thioether (sulfide) groups is 1. The highest BCUT2D eigenvalue weighted by atomic mass is 32.2. The van der Waals surface area contributed by atoms with Crippen molar-refractivity contribution < 1.29 is 4.79 Å². The van der Waals surface area contributed by atoms with Crippen molar-refractivity contribution in [3.63, 3.8) is 0 Å². The number of nitriles is 1. The highest BCUT2D eigenvalue weighted by Crippen LogP contribution is 2.26. The van der Waals surface area contributed by atoms with Gasteiger partial charge in [-0.15, -0.1) is 23.1 Å². The van der Waals surface area contributed by atoms with E-state index >= 15 is 0 Å². The topological polar surface area (TPSA) is 66.9 Å². The van der Waals surface area contributed by atoms with Crippen LogP contribution in [0.5, 0.6) is 0 Å². The summed E-state index contributed by atoms with van der Waals surface area (Å²) in [7, 11) is 0. The summed E-state index contributed by atoms with van der Waals surface area (Å²) in [6.45, 7) is 0. The first-order valence-corrected chi connectivity index (χ1v) is 4.99. The van der Waals surface area contributed by atoms with Crippen LogP contribution in [0.3, 0.4) is 0 Å². The highest BCUT2D eigenvalue weighted by Gasteiger charge is 2.04. The van der Waals surface area contributed by atoms with Gasteiger partial charge in [-0.1, -0.05) is 0 Å². The van der Waals surface area contributed by atoms with Crippen LogP contribution >= 0.6 is 23.1 Å². The van der Waals surface area contributed by atoms with Crippen molar-refractivity contribution in [2.75, 3.05) is 5.75 Å². The summed E-state index contributed by atoms with van der Waals surface area (Å²) in [5.74, 6) is -0.138. The van der Waals surface area contributed by atoms with Crippen LogP contribution in [-0.2, 0) is 4.79 Å². The van der Waals surface area contributed by atoms with Gasteiger partial charge in [0.15, 0.2) is 0 Å². The molecule has 0 atom stereocenters. The number of hydrogen-bond donors (Lipinski definition) is 1. The fourth-order valence-electron chi connectivity index (χ4n) is 0.642. The van der Waals surface area contributed by atoms with Crippen molar-refractivity contribution >= 4 is 29.0 Å². The minimum Gasteiger partial charge on any atom is -0.369 e. The molecule has 0 fully saturated rings. The van der Waals surface area contributed by atoms with Crippen LogP contribution in [0.4, 0.5) is 0 Å². The average Bonchev–Trinajstić information content (AvgIpc) is 2.47. The molecule has 0 aliphatic rings. The lowest BCUT2D eigenvalue weighted by molar-refractivity contribution is -0.115. The van der Waals surface area contributed by atoms with E-state index < -0.39 is 0 Å². The van der Waals surface area contributed by atoms with Crippen LogP contribution in [0.1, 0.15) is 4.88 Å². The van der Waals surface area contributed by atoms with E-state index in [2.05, 4.69) is 0 Å². The first-order valence-electron chi connectivity index (χ1n) is 3.12. The number of carbonyl (C=O) groups excluding carboxylic acids is 1. The molecule has 0 bridgehead atoms. The third-order valence-corrected chi connectivity index (χ3v) is 3.13. The van der Waals surface area contributed by atoms with Gasteiger partial charge < -0.3 is 5.73 Å². The maximum atomic E-state index is 10.4. The predicted octanol–water partition coefficient (Wildman–Crippen LogP) is 1.20. The van der Waals surface area contributed by atoms with E-state index in [1.807, 2.05) is 17.5 Å². The van der Waals surface area contributed by atoms with Crippen LogP contribution < -0.4 is 5.73 Å². The van der Waals surface area contributed by atoms with Crippen molar-refractivity contribution in [3.05, 3.63) is 16.3 Å². The zero-order chi connectivity index (χ0) is 8.97. The van der Waals surface area contributed by atoms with E-state index in [0.29, 0.717) is 4.88 Å². The Kier molecular flexibility index (Phi) is 3.14. The first-order chi connectivity index (χ1) is 5.74. The number of amides is 1. The minimum absolute atomic E-state index is 0.228. The Balaban J connectivity index is 2.64. The summed E-state index contributed by atoms with van der Waals surface area (Å²) in [6, 6.07) is 3.86. The lowest BCUT2D eigenvalue weighted by atomic mass is 10.5. The molecular weight excluding hydrogens is 192 g/mol. The summed E-state index contributed by atoms with van der Waals surface area (Å²) >= 11 is 2.67. The van der Waals surface area contributed by atoms with Gasteiger partial charge in [-0.2, -0.15) is 5.26 Å². The Morgan fingerprint density at radius 3 is 3.17 bits per heavy atom. The monoisotopic (exact) mass is 198 g/mol. The molecule has 5 heteroatoms. The zero-order valence-electron chi connectivity index (χ0n) is 6.11. The van der Waals surface area contributed by atoms with Gasteiger partial charge in [-0.25, -0.2) is 0 Å². The number of nitrogens with zero attached hydrogens (tertiary/aromatic N) is 1. The summed E-state index contributed by atoms with van der Waals surface area (Å²) in [4.78, 5) is 11.9. The molecule has 12 heavy (non-hydrogen) atoms. The number of primary amides is 1. The SMILES string of the molecule is N#Cc1sccc1SCC(N)=O. The van der Waals surface area contributed by atoms with Gasteiger partial charge in [0.1, 0.15) is 10.9 Å². The number of hydrogen-bond acceptors (Lipinski definition) is 4. The van der Waals surface area contributed by atoms with Crippen molar-refractivity contribution in [2.45, 2.75) is 4.90 Å². The van der Waals surface area contributed by atoms with Crippen molar-refractivity contribution in [2.24, 2.45) is 5.73 Å². The van der Waals surface area contributed by atoms with Crippen LogP contribution in [0.25, 0.3) is 0 Å². The zero-order valence-corrected chi connectivity index (χ0v) is 7.74. The highest BCUT2D eigenvalue weighted by molar-refractivity contribution is 8.00. The molecule has 0 aliphatic carbocycles. The lowest BCUT2D eigenvalue weighted by Gasteiger charge is -1.93. The molecule has 1 heterocycles. The lowest BCUT2D eigenvalue weighted by Crippen LogP contribution is -2.12. The molecule has 0 aliphatic heterocycles.